The first-order valence-corrected chi connectivity index (χ1v) is 7.15. The van der Waals surface area contributed by atoms with Crippen molar-refractivity contribution in [1.29, 1.82) is 0 Å². The minimum absolute atomic E-state index is 0.134. The minimum atomic E-state index is -0.726. The molecule has 0 bridgehead atoms. The molecule has 100 valence electrons. The number of carbonyl (C=O) groups excluding carboxylic acids is 1. The number of nitrogens with two attached hydrogens (primary N) is 1. The van der Waals surface area contributed by atoms with Gasteiger partial charge in [-0.2, -0.15) is 0 Å². The molecule has 19 heavy (non-hydrogen) atoms. The Bertz CT molecular complexity index is 570. The van der Waals surface area contributed by atoms with E-state index in [2.05, 4.69) is 10.3 Å². The summed E-state index contributed by atoms with van der Waals surface area (Å²) in [6.45, 7) is 0. The van der Waals surface area contributed by atoms with Crippen LogP contribution in [0.1, 0.15) is 25.7 Å². The van der Waals surface area contributed by atoms with Gasteiger partial charge in [0.1, 0.15) is 5.69 Å². The van der Waals surface area contributed by atoms with Gasteiger partial charge >= 0.3 is 0 Å². The lowest BCUT2D eigenvalue weighted by Crippen LogP contribution is -2.48. The number of nitrogens with zero attached hydrogens (tertiary/aromatic N) is 1. The zero-order chi connectivity index (χ0) is 13.3. The van der Waals surface area contributed by atoms with Crippen molar-refractivity contribution in [3.63, 3.8) is 0 Å². The van der Waals surface area contributed by atoms with E-state index >= 15 is 0 Å². The third-order valence-electron chi connectivity index (χ3n) is 3.45. The molecule has 3 rings (SSSR count). The first kappa shape index (κ1) is 12.4. The predicted octanol–water partition coefficient (Wildman–Crippen LogP) is 2.61. The summed E-state index contributed by atoms with van der Waals surface area (Å²) in [5, 5.41) is 5.23. The highest BCUT2D eigenvalue weighted by Crippen LogP contribution is 2.30. The van der Waals surface area contributed by atoms with Gasteiger partial charge in [0, 0.05) is 5.38 Å². The first-order chi connectivity index (χ1) is 9.17. The number of thiazole rings is 1. The number of furan rings is 1. The molecule has 1 saturated carbocycles. The zero-order valence-corrected chi connectivity index (χ0v) is 11.2. The fourth-order valence-corrected chi connectivity index (χ4v) is 3.02. The molecule has 0 spiro atoms. The Kier molecular flexibility index (Phi) is 3.12. The van der Waals surface area contributed by atoms with Gasteiger partial charge in [-0.3, -0.25) is 4.79 Å². The third-order valence-corrected chi connectivity index (χ3v) is 4.20. The second-order valence-corrected chi connectivity index (χ2v) is 5.69. The summed E-state index contributed by atoms with van der Waals surface area (Å²) < 4.78 is 5.26. The van der Waals surface area contributed by atoms with Crippen molar-refractivity contribution >= 4 is 22.4 Å². The van der Waals surface area contributed by atoms with Crippen LogP contribution in [0.25, 0.3) is 11.5 Å². The number of hydrogen-bond donors (Lipinski definition) is 2. The van der Waals surface area contributed by atoms with E-state index in [1.807, 2.05) is 11.4 Å². The van der Waals surface area contributed by atoms with Crippen LogP contribution in [0.2, 0.25) is 0 Å². The normalized spacial score (nSPS) is 17.5. The number of anilines is 1. The Balaban J connectivity index is 1.72. The number of carbonyl (C=O) groups is 1. The Morgan fingerprint density at radius 2 is 2.26 bits per heavy atom. The van der Waals surface area contributed by atoms with Crippen LogP contribution in [0, 0.1) is 0 Å². The van der Waals surface area contributed by atoms with E-state index in [0.717, 1.165) is 31.4 Å². The van der Waals surface area contributed by atoms with Gasteiger partial charge in [0.2, 0.25) is 5.91 Å². The average Bonchev–Trinajstić information content (AvgIpc) is 3.08. The van der Waals surface area contributed by atoms with E-state index in [4.69, 9.17) is 10.2 Å². The van der Waals surface area contributed by atoms with E-state index in [1.54, 1.807) is 12.3 Å². The van der Waals surface area contributed by atoms with Crippen LogP contribution in [0.5, 0.6) is 0 Å². The van der Waals surface area contributed by atoms with Crippen molar-refractivity contribution < 1.29 is 9.21 Å². The molecular weight excluding hydrogens is 262 g/mol. The molecular formula is C13H15N3O2S. The summed E-state index contributed by atoms with van der Waals surface area (Å²) in [6, 6.07) is 3.64. The molecule has 2 heterocycles. The van der Waals surface area contributed by atoms with Crippen LogP contribution >= 0.6 is 11.3 Å². The molecule has 2 aromatic heterocycles. The van der Waals surface area contributed by atoms with Gasteiger partial charge in [0.15, 0.2) is 10.9 Å². The second kappa shape index (κ2) is 4.79. The minimum Gasteiger partial charge on any atom is -0.463 e. The van der Waals surface area contributed by atoms with Crippen LogP contribution in [0.4, 0.5) is 5.13 Å². The zero-order valence-electron chi connectivity index (χ0n) is 10.4. The molecule has 6 heteroatoms. The van der Waals surface area contributed by atoms with Crippen LogP contribution in [0.3, 0.4) is 0 Å². The highest BCUT2D eigenvalue weighted by atomic mass is 32.1. The maximum Gasteiger partial charge on any atom is 0.246 e. The molecule has 0 aromatic carbocycles. The topological polar surface area (TPSA) is 81.2 Å². The highest BCUT2D eigenvalue weighted by Gasteiger charge is 2.37. The third kappa shape index (κ3) is 2.41. The molecule has 0 aliphatic heterocycles. The lowest BCUT2D eigenvalue weighted by Gasteiger charge is -2.21. The van der Waals surface area contributed by atoms with Gasteiger partial charge in [-0.05, 0) is 25.0 Å². The summed E-state index contributed by atoms with van der Waals surface area (Å²) in [6.07, 6.45) is 5.11. The van der Waals surface area contributed by atoms with Crippen LogP contribution in [-0.4, -0.2) is 16.4 Å². The van der Waals surface area contributed by atoms with Gasteiger partial charge in [-0.25, -0.2) is 4.98 Å². The summed E-state index contributed by atoms with van der Waals surface area (Å²) in [4.78, 5) is 16.5. The Hall–Kier alpha value is -1.66. The number of aromatic nitrogens is 1. The number of amides is 1. The fraction of sp³-hybridized carbons (Fsp3) is 0.385. The Morgan fingerprint density at radius 3 is 2.95 bits per heavy atom. The molecule has 1 amide bonds. The molecule has 1 aliphatic carbocycles. The van der Waals surface area contributed by atoms with E-state index < -0.39 is 5.54 Å². The Morgan fingerprint density at radius 1 is 1.47 bits per heavy atom. The average molecular weight is 277 g/mol. The van der Waals surface area contributed by atoms with Crippen molar-refractivity contribution in [3.8, 4) is 11.5 Å². The van der Waals surface area contributed by atoms with Crippen molar-refractivity contribution in [3.05, 3.63) is 23.8 Å². The summed E-state index contributed by atoms with van der Waals surface area (Å²) in [7, 11) is 0. The molecule has 0 radical (unpaired) electrons. The lowest BCUT2D eigenvalue weighted by atomic mass is 9.98. The summed E-state index contributed by atoms with van der Waals surface area (Å²) in [5.74, 6) is 0.561. The molecule has 0 atom stereocenters. The second-order valence-electron chi connectivity index (χ2n) is 4.83. The standard InChI is InChI=1S/C13H15N3O2S/c14-13(5-1-2-6-13)11(17)16-12-15-9(8-19-12)10-4-3-7-18-10/h3-4,7-8H,1-2,5-6,14H2,(H,15,16,17). The molecule has 0 unspecified atom stereocenters. The lowest BCUT2D eigenvalue weighted by molar-refractivity contribution is -0.121. The molecule has 1 aliphatic rings. The SMILES string of the molecule is NC1(C(=O)Nc2nc(-c3ccco3)cs2)CCCC1. The summed E-state index contributed by atoms with van der Waals surface area (Å²) >= 11 is 1.37. The molecule has 5 nitrogen and oxygen atoms in total. The maximum absolute atomic E-state index is 12.1. The molecule has 1 fully saturated rings. The van der Waals surface area contributed by atoms with Crippen molar-refractivity contribution in [1.82, 2.24) is 4.98 Å². The monoisotopic (exact) mass is 277 g/mol. The smallest absolute Gasteiger partial charge is 0.246 e. The van der Waals surface area contributed by atoms with Crippen LogP contribution in [-0.2, 0) is 4.79 Å². The van der Waals surface area contributed by atoms with Gasteiger partial charge in [0.05, 0.1) is 11.8 Å². The largest absolute Gasteiger partial charge is 0.463 e. The first-order valence-electron chi connectivity index (χ1n) is 6.27. The number of nitrogens with one attached hydrogen (secondary N) is 1. The summed E-state index contributed by atoms with van der Waals surface area (Å²) in [5.41, 5.74) is 6.10. The fourth-order valence-electron chi connectivity index (χ4n) is 2.32. The number of rotatable bonds is 3. The maximum atomic E-state index is 12.1. The highest BCUT2D eigenvalue weighted by molar-refractivity contribution is 7.14. The molecule has 3 N–H and O–H groups in total. The molecule has 0 saturated heterocycles. The van der Waals surface area contributed by atoms with Crippen LogP contribution < -0.4 is 11.1 Å². The van der Waals surface area contributed by atoms with E-state index in [-0.39, 0.29) is 5.91 Å². The van der Waals surface area contributed by atoms with Crippen molar-refractivity contribution in [2.45, 2.75) is 31.2 Å². The van der Waals surface area contributed by atoms with Crippen molar-refractivity contribution in [2.75, 3.05) is 5.32 Å². The van der Waals surface area contributed by atoms with Gasteiger partial charge in [0.25, 0.3) is 0 Å². The quantitative estimate of drug-likeness (QED) is 0.903. The number of hydrogen-bond acceptors (Lipinski definition) is 5. The van der Waals surface area contributed by atoms with E-state index in [9.17, 15) is 4.79 Å². The van der Waals surface area contributed by atoms with Gasteiger partial charge in [-0.15, -0.1) is 11.3 Å². The van der Waals surface area contributed by atoms with E-state index in [0.29, 0.717) is 10.9 Å². The Labute approximate surface area is 114 Å². The van der Waals surface area contributed by atoms with E-state index in [1.165, 1.54) is 11.3 Å². The van der Waals surface area contributed by atoms with Gasteiger partial charge in [-0.1, -0.05) is 12.8 Å². The predicted molar refractivity (Wildman–Crippen MR) is 73.8 cm³/mol. The molecule has 2 aromatic rings. The van der Waals surface area contributed by atoms with Gasteiger partial charge < -0.3 is 15.5 Å². The van der Waals surface area contributed by atoms with Crippen molar-refractivity contribution in [2.24, 2.45) is 5.73 Å². The van der Waals surface area contributed by atoms with Crippen LogP contribution in [0.15, 0.2) is 28.2 Å².